The largest absolute Gasteiger partial charge is 0.450 e. The number of nitrogens with zero attached hydrogens (tertiary/aromatic N) is 2. The summed E-state index contributed by atoms with van der Waals surface area (Å²) in [5.74, 6) is -0.259. The van der Waals surface area contributed by atoms with Crippen molar-refractivity contribution < 1.29 is 9.21 Å². The molecule has 0 bridgehead atoms. The van der Waals surface area contributed by atoms with Crippen molar-refractivity contribution in [2.45, 2.75) is 19.9 Å². The molecule has 0 aliphatic carbocycles. The van der Waals surface area contributed by atoms with E-state index in [4.69, 9.17) is 4.42 Å². The molecule has 5 rings (SSSR count). The summed E-state index contributed by atoms with van der Waals surface area (Å²) in [6.07, 6.45) is 0. The number of para-hydroxylation sites is 1. The Morgan fingerprint density at radius 3 is 2.62 bits per heavy atom. The molecule has 29 heavy (non-hydrogen) atoms. The fourth-order valence-electron chi connectivity index (χ4n) is 3.67. The van der Waals surface area contributed by atoms with Crippen LogP contribution in [-0.2, 0) is 0 Å². The van der Waals surface area contributed by atoms with Crippen LogP contribution in [0.1, 0.15) is 38.3 Å². The van der Waals surface area contributed by atoms with Crippen LogP contribution in [0.3, 0.4) is 0 Å². The molecule has 144 valence electrons. The maximum atomic E-state index is 13.4. The second kappa shape index (κ2) is 6.64. The van der Waals surface area contributed by atoms with Crippen molar-refractivity contribution in [3.05, 3.63) is 90.7 Å². The smallest absolute Gasteiger partial charge is 0.297 e. The van der Waals surface area contributed by atoms with Gasteiger partial charge in [0.2, 0.25) is 5.76 Å². The van der Waals surface area contributed by atoms with Gasteiger partial charge < -0.3 is 4.42 Å². The van der Waals surface area contributed by atoms with Gasteiger partial charge in [0.05, 0.1) is 22.7 Å². The van der Waals surface area contributed by atoms with E-state index in [1.807, 2.05) is 38.1 Å². The molecule has 2 aromatic heterocycles. The molecular formula is C22H15BrN2O3S. The zero-order chi connectivity index (χ0) is 20.3. The molecule has 1 aliphatic rings. The van der Waals surface area contributed by atoms with E-state index in [0.29, 0.717) is 21.7 Å². The van der Waals surface area contributed by atoms with Crippen molar-refractivity contribution >= 4 is 49.3 Å². The summed E-state index contributed by atoms with van der Waals surface area (Å²) in [7, 11) is 0. The van der Waals surface area contributed by atoms with Crippen LogP contribution in [0.5, 0.6) is 0 Å². The Balaban J connectivity index is 1.84. The Bertz CT molecular complexity index is 1340. The van der Waals surface area contributed by atoms with Crippen molar-refractivity contribution in [2.24, 2.45) is 0 Å². The van der Waals surface area contributed by atoms with Crippen molar-refractivity contribution in [3.63, 3.8) is 0 Å². The number of carbonyl (C=O) groups is 1. The molecule has 2 aromatic carbocycles. The predicted octanol–water partition coefficient (Wildman–Crippen LogP) is 5.38. The van der Waals surface area contributed by atoms with E-state index in [2.05, 4.69) is 20.9 Å². The topological polar surface area (TPSA) is 63.4 Å². The number of carbonyl (C=O) groups excluding carboxylic acids is 1. The number of halogens is 1. The highest BCUT2D eigenvalue weighted by atomic mass is 79.9. The second-order valence-corrected chi connectivity index (χ2v) is 9.04. The molecule has 0 unspecified atom stereocenters. The van der Waals surface area contributed by atoms with Gasteiger partial charge in [0.25, 0.3) is 5.91 Å². The van der Waals surface area contributed by atoms with Crippen LogP contribution < -0.4 is 10.3 Å². The average Bonchev–Trinajstić information content (AvgIpc) is 3.19. The van der Waals surface area contributed by atoms with Gasteiger partial charge in [-0.3, -0.25) is 14.5 Å². The van der Waals surface area contributed by atoms with Gasteiger partial charge in [-0.05, 0) is 43.7 Å². The highest BCUT2D eigenvalue weighted by molar-refractivity contribution is 9.10. The third-order valence-electron chi connectivity index (χ3n) is 5.17. The van der Waals surface area contributed by atoms with Crippen LogP contribution in [0.25, 0.3) is 11.0 Å². The quantitative estimate of drug-likeness (QED) is 0.397. The molecule has 7 heteroatoms. The third kappa shape index (κ3) is 2.76. The Labute approximate surface area is 178 Å². The number of rotatable bonds is 2. The van der Waals surface area contributed by atoms with E-state index in [1.165, 1.54) is 11.3 Å². The molecule has 0 saturated heterocycles. The van der Waals surface area contributed by atoms with Crippen molar-refractivity contribution in [2.75, 3.05) is 4.90 Å². The molecule has 0 fully saturated rings. The molecule has 1 aliphatic heterocycles. The highest BCUT2D eigenvalue weighted by Crippen LogP contribution is 2.43. The normalized spacial score (nSPS) is 15.9. The maximum Gasteiger partial charge on any atom is 0.297 e. The molecule has 0 spiro atoms. The Morgan fingerprint density at radius 2 is 1.90 bits per heavy atom. The van der Waals surface area contributed by atoms with Gasteiger partial charge in [-0.25, -0.2) is 4.98 Å². The summed E-state index contributed by atoms with van der Waals surface area (Å²) in [5, 5.41) is 1.03. The number of hydrogen-bond acceptors (Lipinski definition) is 5. The predicted molar refractivity (Wildman–Crippen MR) is 117 cm³/mol. The van der Waals surface area contributed by atoms with E-state index in [-0.39, 0.29) is 17.1 Å². The molecule has 0 saturated carbocycles. The molecule has 0 N–H and O–H groups in total. The van der Waals surface area contributed by atoms with Crippen molar-refractivity contribution in [1.82, 2.24) is 4.98 Å². The number of aromatic nitrogens is 1. The first-order valence-corrected chi connectivity index (χ1v) is 10.7. The minimum absolute atomic E-state index is 0.0872. The number of thiazole rings is 1. The van der Waals surface area contributed by atoms with Gasteiger partial charge in [0, 0.05) is 9.35 Å². The van der Waals surface area contributed by atoms with E-state index < -0.39 is 6.04 Å². The van der Waals surface area contributed by atoms with Gasteiger partial charge in [-0.15, -0.1) is 11.3 Å². The molecule has 1 amide bonds. The summed E-state index contributed by atoms with van der Waals surface area (Å²) in [5.41, 5.74) is 2.27. The lowest BCUT2D eigenvalue weighted by atomic mass is 9.99. The minimum atomic E-state index is -0.596. The van der Waals surface area contributed by atoms with Gasteiger partial charge >= 0.3 is 0 Å². The fourth-order valence-corrected chi connectivity index (χ4v) is 5.02. The number of amides is 1. The first-order valence-electron chi connectivity index (χ1n) is 9.04. The second-order valence-electron chi connectivity index (χ2n) is 6.94. The zero-order valence-corrected chi connectivity index (χ0v) is 18.0. The molecule has 5 nitrogen and oxygen atoms in total. The lowest BCUT2D eigenvalue weighted by Crippen LogP contribution is -2.29. The Kier molecular flexibility index (Phi) is 4.18. The summed E-state index contributed by atoms with van der Waals surface area (Å²) in [6, 6.07) is 14.0. The number of aryl methyl sites for hydroxylation is 2. The summed E-state index contributed by atoms with van der Waals surface area (Å²) >= 11 is 4.93. The molecule has 0 radical (unpaired) electrons. The number of anilines is 1. The monoisotopic (exact) mass is 466 g/mol. The minimum Gasteiger partial charge on any atom is -0.450 e. The average molecular weight is 467 g/mol. The highest BCUT2D eigenvalue weighted by Gasteiger charge is 2.45. The van der Waals surface area contributed by atoms with E-state index in [1.54, 1.807) is 29.2 Å². The maximum absolute atomic E-state index is 13.4. The van der Waals surface area contributed by atoms with E-state index in [0.717, 1.165) is 20.6 Å². The number of fused-ring (bicyclic) bond motifs is 2. The van der Waals surface area contributed by atoms with Gasteiger partial charge in [-0.2, -0.15) is 0 Å². The van der Waals surface area contributed by atoms with E-state index >= 15 is 0 Å². The van der Waals surface area contributed by atoms with Crippen LogP contribution >= 0.6 is 27.3 Å². The van der Waals surface area contributed by atoms with Crippen LogP contribution in [-0.4, -0.2) is 10.9 Å². The van der Waals surface area contributed by atoms with Crippen LogP contribution in [0.15, 0.2) is 62.2 Å². The van der Waals surface area contributed by atoms with Gasteiger partial charge in [0.15, 0.2) is 10.6 Å². The van der Waals surface area contributed by atoms with Crippen LogP contribution in [0.4, 0.5) is 5.13 Å². The fraction of sp³-hybridized carbons (Fsp3) is 0.136. The molecule has 1 atom stereocenters. The standard InChI is InChI=1S/C22H15BrN2O3S/c1-11-12(2)29-22(24-11)25-18(13-6-5-7-14(23)10-13)17-19(26)15-8-3-4-9-16(15)28-20(17)21(25)27/h3-10,18H,1-2H3/t18-/m0/s1. The van der Waals surface area contributed by atoms with Crippen LogP contribution in [0, 0.1) is 13.8 Å². The number of hydrogen-bond donors (Lipinski definition) is 0. The lowest BCUT2D eigenvalue weighted by Gasteiger charge is -2.22. The third-order valence-corrected chi connectivity index (χ3v) is 6.73. The lowest BCUT2D eigenvalue weighted by molar-refractivity contribution is 0.0971. The molecular weight excluding hydrogens is 452 g/mol. The molecule has 4 aromatic rings. The van der Waals surface area contributed by atoms with Crippen LogP contribution in [0.2, 0.25) is 0 Å². The summed E-state index contributed by atoms with van der Waals surface area (Å²) < 4.78 is 6.81. The first-order chi connectivity index (χ1) is 14.0. The first kappa shape index (κ1) is 18.3. The summed E-state index contributed by atoms with van der Waals surface area (Å²) in [4.78, 5) is 34.1. The number of benzene rings is 2. The van der Waals surface area contributed by atoms with Crippen molar-refractivity contribution in [1.29, 1.82) is 0 Å². The van der Waals surface area contributed by atoms with Gasteiger partial charge in [-0.1, -0.05) is 40.2 Å². The Hall–Kier alpha value is -2.77. The summed E-state index contributed by atoms with van der Waals surface area (Å²) in [6.45, 7) is 3.88. The Morgan fingerprint density at radius 1 is 1.10 bits per heavy atom. The SMILES string of the molecule is Cc1nc(N2C(=O)c3oc4ccccc4c(=O)c3[C@@H]2c2cccc(Br)c2)sc1C. The zero-order valence-electron chi connectivity index (χ0n) is 15.6. The van der Waals surface area contributed by atoms with E-state index in [9.17, 15) is 9.59 Å². The van der Waals surface area contributed by atoms with Crippen molar-refractivity contribution in [3.8, 4) is 0 Å². The van der Waals surface area contributed by atoms with Gasteiger partial charge in [0.1, 0.15) is 5.58 Å². The molecule has 3 heterocycles.